The molecule has 106 valence electrons. The third-order valence-electron chi connectivity index (χ3n) is 2.70. The molecule has 0 atom stereocenters. The number of benzene rings is 1. The molecule has 0 bridgehead atoms. The summed E-state index contributed by atoms with van der Waals surface area (Å²) in [6.07, 6.45) is 1.66. The van der Waals surface area contributed by atoms with Crippen LogP contribution in [0.4, 0.5) is 5.82 Å². The predicted octanol–water partition coefficient (Wildman–Crippen LogP) is 3.57. The fraction of sp³-hybridized carbons (Fsp3) is 0.333. The van der Waals surface area contributed by atoms with Crippen LogP contribution in [0.3, 0.4) is 0 Å². The second-order valence-electron chi connectivity index (χ2n) is 4.29. The lowest BCUT2D eigenvalue weighted by atomic mass is 10.3. The smallest absolute Gasteiger partial charge is 0.134 e. The summed E-state index contributed by atoms with van der Waals surface area (Å²) in [6.45, 7) is 3.45. The van der Waals surface area contributed by atoms with E-state index in [1.54, 1.807) is 6.07 Å². The number of nitrogens with zero attached hydrogens (tertiary/aromatic N) is 2. The minimum absolute atomic E-state index is 0.472. The average Bonchev–Trinajstić information content (AvgIpc) is 2.47. The molecule has 0 saturated heterocycles. The van der Waals surface area contributed by atoms with Gasteiger partial charge in [-0.2, -0.15) is 0 Å². The molecule has 1 N–H and O–H groups in total. The summed E-state index contributed by atoms with van der Waals surface area (Å²) in [6, 6.07) is 11.5. The first-order valence-electron chi connectivity index (χ1n) is 6.73. The number of halogens is 1. The number of para-hydroxylation sites is 1. The van der Waals surface area contributed by atoms with Crippen LogP contribution in [-0.2, 0) is 6.42 Å². The van der Waals surface area contributed by atoms with E-state index in [-0.39, 0.29) is 0 Å². The molecule has 1 aromatic carbocycles. The Labute approximate surface area is 124 Å². The second kappa shape index (κ2) is 7.70. The number of aryl methyl sites for hydroxylation is 1. The van der Waals surface area contributed by atoms with Crippen molar-refractivity contribution < 1.29 is 4.74 Å². The molecule has 0 aliphatic heterocycles. The number of anilines is 1. The van der Waals surface area contributed by atoms with Gasteiger partial charge in [-0.05, 0) is 18.6 Å². The zero-order valence-corrected chi connectivity index (χ0v) is 12.2. The van der Waals surface area contributed by atoms with Crippen LogP contribution < -0.4 is 10.1 Å². The molecule has 2 rings (SSSR count). The Morgan fingerprint density at radius 3 is 2.75 bits per heavy atom. The highest BCUT2D eigenvalue weighted by Crippen LogP contribution is 2.12. The molecule has 0 unspecified atom stereocenters. The summed E-state index contributed by atoms with van der Waals surface area (Å²) >= 11 is 5.93. The fourth-order valence-electron chi connectivity index (χ4n) is 1.71. The van der Waals surface area contributed by atoms with Crippen LogP contribution in [0, 0.1) is 0 Å². The van der Waals surface area contributed by atoms with Crippen molar-refractivity contribution in [3.8, 4) is 5.75 Å². The van der Waals surface area contributed by atoms with Crippen molar-refractivity contribution in [1.29, 1.82) is 0 Å². The Bertz CT molecular complexity index is 534. The quantitative estimate of drug-likeness (QED) is 0.626. The number of rotatable bonds is 7. The minimum Gasteiger partial charge on any atom is -0.494 e. The monoisotopic (exact) mass is 291 g/mol. The van der Waals surface area contributed by atoms with Gasteiger partial charge >= 0.3 is 0 Å². The van der Waals surface area contributed by atoms with Gasteiger partial charge in [0.05, 0.1) is 6.61 Å². The normalized spacial score (nSPS) is 10.3. The van der Waals surface area contributed by atoms with Crippen LogP contribution in [0.1, 0.15) is 19.2 Å². The standard InChI is InChI=1S/C15H18ClN3O/c1-2-14-18-13(16)11-15(19-14)17-9-6-10-20-12-7-4-3-5-8-12/h3-5,7-8,11H,2,6,9-10H2,1H3,(H,17,18,19). The van der Waals surface area contributed by atoms with Crippen molar-refractivity contribution in [2.24, 2.45) is 0 Å². The van der Waals surface area contributed by atoms with Crippen LogP contribution in [0.2, 0.25) is 5.15 Å². The molecule has 1 aromatic heterocycles. The molecule has 0 aliphatic carbocycles. The van der Waals surface area contributed by atoms with Crippen LogP contribution in [0.15, 0.2) is 36.4 Å². The Hall–Kier alpha value is -1.81. The number of aromatic nitrogens is 2. The van der Waals surface area contributed by atoms with Gasteiger partial charge in [0.1, 0.15) is 22.5 Å². The van der Waals surface area contributed by atoms with E-state index in [4.69, 9.17) is 16.3 Å². The zero-order valence-electron chi connectivity index (χ0n) is 11.5. The van der Waals surface area contributed by atoms with Crippen molar-refractivity contribution in [2.45, 2.75) is 19.8 Å². The molecular weight excluding hydrogens is 274 g/mol. The lowest BCUT2D eigenvalue weighted by molar-refractivity contribution is 0.315. The van der Waals surface area contributed by atoms with E-state index < -0.39 is 0 Å². The van der Waals surface area contributed by atoms with Gasteiger partial charge in [0.25, 0.3) is 0 Å². The highest BCUT2D eigenvalue weighted by Gasteiger charge is 2.01. The highest BCUT2D eigenvalue weighted by atomic mass is 35.5. The Kier molecular flexibility index (Phi) is 5.62. The van der Waals surface area contributed by atoms with Gasteiger partial charge in [-0.3, -0.25) is 0 Å². The summed E-state index contributed by atoms with van der Waals surface area (Å²) in [4.78, 5) is 8.49. The van der Waals surface area contributed by atoms with Crippen LogP contribution in [0.5, 0.6) is 5.75 Å². The van der Waals surface area contributed by atoms with E-state index in [9.17, 15) is 0 Å². The molecule has 5 heteroatoms. The Balaban J connectivity index is 1.72. The van der Waals surface area contributed by atoms with E-state index in [1.807, 2.05) is 37.3 Å². The van der Waals surface area contributed by atoms with Gasteiger partial charge in [-0.25, -0.2) is 9.97 Å². The van der Waals surface area contributed by atoms with Crippen molar-refractivity contribution >= 4 is 17.4 Å². The van der Waals surface area contributed by atoms with E-state index in [0.29, 0.717) is 11.8 Å². The molecule has 0 amide bonds. The molecule has 2 aromatic rings. The maximum absolute atomic E-state index is 5.93. The number of ether oxygens (including phenoxy) is 1. The molecule has 0 fully saturated rings. The first kappa shape index (κ1) is 14.6. The summed E-state index contributed by atoms with van der Waals surface area (Å²) in [5.41, 5.74) is 0. The second-order valence-corrected chi connectivity index (χ2v) is 4.67. The molecule has 0 radical (unpaired) electrons. The molecule has 1 heterocycles. The third kappa shape index (κ3) is 4.70. The molecular formula is C15H18ClN3O. The first-order valence-corrected chi connectivity index (χ1v) is 7.11. The van der Waals surface area contributed by atoms with E-state index in [2.05, 4.69) is 15.3 Å². The SMILES string of the molecule is CCc1nc(Cl)cc(NCCCOc2ccccc2)n1. The van der Waals surface area contributed by atoms with Crippen LogP contribution in [-0.4, -0.2) is 23.1 Å². The summed E-state index contributed by atoms with van der Waals surface area (Å²) < 4.78 is 5.61. The average molecular weight is 292 g/mol. The lowest BCUT2D eigenvalue weighted by Gasteiger charge is -2.08. The molecule has 0 aliphatic rings. The van der Waals surface area contributed by atoms with Crippen LogP contribution in [0.25, 0.3) is 0 Å². The van der Waals surface area contributed by atoms with E-state index in [0.717, 1.165) is 36.8 Å². The highest BCUT2D eigenvalue weighted by molar-refractivity contribution is 6.29. The van der Waals surface area contributed by atoms with Crippen molar-refractivity contribution in [1.82, 2.24) is 9.97 Å². The molecule has 4 nitrogen and oxygen atoms in total. The molecule has 0 spiro atoms. The summed E-state index contributed by atoms with van der Waals surface area (Å²) in [7, 11) is 0. The van der Waals surface area contributed by atoms with Crippen molar-refractivity contribution in [3.63, 3.8) is 0 Å². The third-order valence-corrected chi connectivity index (χ3v) is 2.89. The number of nitrogens with one attached hydrogen (secondary N) is 1. The van der Waals surface area contributed by atoms with Crippen molar-refractivity contribution in [3.05, 3.63) is 47.4 Å². The van der Waals surface area contributed by atoms with Gasteiger partial charge in [0.2, 0.25) is 0 Å². The molecule has 20 heavy (non-hydrogen) atoms. The number of hydrogen-bond donors (Lipinski definition) is 1. The topological polar surface area (TPSA) is 47.0 Å². The van der Waals surface area contributed by atoms with E-state index >= 15 is 0 Å². The Morgan fingerprint density at radius 2 is 2.00 bits per heavy atom. The van der Waals surface area contributed by atoms with Gasteiger partial charge in [0, 0.05) is 19.0 Å². The maximum atomic E-state index is 5.93. The van der Waals surface area contributed by atoms with E-state index in [1.165, 1.54) is 0 Å². The lowest BCUT2D eigenvalue weighted by Crippen LogP contribution is -2.09. The maximum Gasteiger partial charge on any atom is 0.134 e. The number of hydrogen-bond acceptors (Lipinski definition) is 4. The zero-order chi connectivity index (χ0) is 14.2. The summed E-state index contributed by atoms with van der Waals surface area (Å²) in [5, 5.41) is 3.70. The summed E-state index contributed by atoms with van der Waals surface area (Å²) in [5.74, 6) is 2.41. The van der Waals surface area contributed by atoms with Gasteiger partial charge in [-0.15, -0.1) is 0 Å². The largest absolute Gasteiger partial charge is 0.494 e. The van der Waals surface area contributed by atoms with Gasteiger partial charge in [-0.1, -0.05) is 36.7 Å². The first-order chi connectivity index (χ1) is 9.78. The van der Waals surface area contributed by atoms with Gasteiger partial charge < -0.3 is 10.1 Å². The van der Waals surface area contributed by atoms with Crippen molar-refractivity contribution in [2.75, 3.05) is 18.5 Å². The fourth-order valence-corrected chi connectivity index (χ4v) is 1.91. The van der Waals surface area contributed by atoms with Crippen LogP contribution >= 0.6 is 11.6 Å². The Morgan fingerprint density at radius 1 is 1.20 bits per heavy atom. The predicted molar refractivity (Wildman–Crippen MR) is 81.5 cm³/mol. The van der Waals surface area contributed by atoms with Gasteiger partial charge in [0.15, 0.2) is 0 Å². The molecule has 0 saturated carbocycles. The minimum atomic E-state index is 0.472.